The third kappa shape index (κ3) is 5.41. The van der Waals surface area contributed by atoms with Crippen molar-refractivity contribution >= 4 is 34.8 Å². The van der Waals surface area contributed by atoms with Crippen LogP contribution >= 0.6 is 23.2 Å². The maximum absolute atomic E-state index is 12.3. The molecule has 0 saturated heterocycles. The molecule has 0 aliphatic heterocycles. The molecule has 2 aromatic carbocycles. The van der Waals surface area contributed by atoms with Crippen LogP contribution in [0.25, 0.3) is 0 Å². The van der Waals surface area contributed by atoms with Crippen LogP contribution in [0.5, 0.6) is 5.75 Å². The number of hydrogen-bond acceptors (Lipinski definition) is 4. The van der Waals surface area contributed by atoms with Gasteiger partial charge in [0, 0.05) is 21.9 Å². The minimum absolute atomic E-state index is 0.0681. The molecule has 0 heterocycles. The smallest absolute Gasteiger partial charge is 0.263 e. The first kappa shape index (κ1) is 19.6. The largest absolute Gasteiger partial charge is 0.497 e. The van der Waals surface area contributed by atoms with Crippen molar-refractivity contribution in [2.24, 2.45) is 0 Å². The van der Waals surface area contributed by atoms with Gasteiger partial charge in [-0.25, -0.2) is 0 Å². The fraction of sp³-hybridized carbons (Fsp3) is 0.158. The van der Waals surface area contributed by atoms with Gasteiger partial charge in [0.25, 0.3) is 5.91 Å². The molecule has 5 nitrogen and oxygen atoms in total. The van der Waals surface area contributed by atoms with Crippen molar-refractivity contribution in [2.45, 2.75) is 13.0 Å². The van der Waals surface area contributed by atoms with E-state index in [-0.39, 0.29) is 11.6 Å². The van der Waals surface area contributed by atoms with Gasteiger partial charge in [-0.05, 0) is 42.8 Å². The summed E-state index contributed by atoms with van der Waals surface area (Å²) in [6.45, 7) is 1.83. The molecule has 26 heavy (non-hydrogen) atoms. The number of carbonyl (C=O) groups excluding carboxylic acids is 1. The molecule has 7 heteroatoms. The van der Waals surface area contributed by atoms with Crippen LogP contribution in [0.4, 0.5) is 5.69 Å². The molecule has 0 bridgehead atoms. The van der Waals surface area contributed by atoms with E-state index in [1.54, 1.807) is 25.3 Å². The van der Waals surface area contributed by atoms with E-state index in [9.17, 15) is 10.1 Å². The Morgan fingerprint density at radius 3 is 2.35 bits per heavy atom. The maximum atomic E-state index is 12.3. The molecule has 0 saturated carbocycles. The minimum Gasteiger partial charge on any atom is -0.497 e. The van der Waals surface area contributed by atoms with E-state index in [0.29, 0.717) is 15.7 Å². The fourth-order valence-electron chi connectivity index (χ4n) is 2.19. The van der Waals surface area contributed by atoms with Gasteiger partial charge in [-0.2, -0.15) is 5.26 Å². The standard InChI is InChI=1S/C19H17Cl2N3O2/c1-12(13-3-5-18(26-2)6-4-13)24-19(25)14(10-22)11-23-17-8-15(20)7-16(21)9-17/h3-9,11-12,23H,1-2H3,(H,24,25)/b14-11-. The summed E-state index contributed by atoms with van der Waals surface area (Å²) in [5.74, 6) is 0.241. The number of nitrogens with zero attached hydrogens (tertiary/aromatic N) is 1. The average Bonchev–Trinajstić information content (AvgIpc) is 2.61. The number of benzene rings is 2. The van der Waals surface area contributed by atoms with Gasteiger partial charge in [-0.15, -0.1) is 0 Å². The van der Waals surface area contributed by atoms with Gasteiger partial charge in [0.1, 0.15) is 17.4 Å². The predicted molar refractivity (Wildman–Crippen MR) is 103 cm³/mol. The molecule has 2 aromatic rings. The molecule has 0 aliphatic carbocycles. The summed E-state index contributed by atoms with van der Waals surface area (Å²) in [7, 11) is 1.59. The summed E-state index contributed by atoms with van der Waals surface area (Å²) in [5.41, 5.74) is 1.40. The monoisotopic (exact) mass is 389 g/mol. The molecular formula is C19H17Cl2N3O2. The zero-order valence-electron chi connectivity index (χ0n) is 14.2. The van der Waals surface area contributed by atoms with Crippen molar-refractivity contribution in [1.82, 2.24) is 5.32 Å². The van der Waals surface area contributed by atoms with Crippen LogP contribution in [0.1, 0.15) is 18.5 Å². The lowest BCUT2D eigenvalue weighted by atomic mass is 10.1. The zero-order valence-corrected chi connectivity index (χ0v) is 15.7. The molecule has 134 valence electrons. The van der Waals surface area contributed by atoms with Gasteiger partial charge < -0.3 is 15.4 Å². The van der Waals surface area contributed by atoms with Crippen LogP contribution in [0.3, 0.4) is 0 Å². The van der Waals surface area contributed by atoms with E-state index in [0.717, 1.165) is 11.3 Å². The Hall–Kier alpha value is -2.68. The van der Waals surface area contributed by atoms with Crippen molar-refractivity contribution in [3.05, 3.63) is 69.8 Å². The van der Waals surface area contributed by atoms with Crippen molar-refractivity contribution in [2.75, 3.05) is 12.4 Å². The highest BCUT2D eigenvalue weighted by atomic mass is 35.5. The second kappa shape index (κ2) is 9.14. The Labute approximate surface area is 162 Å². The van der Waals surface area contributed by atoms with E-state index in [4.69, 9.17) is 27.9 Å². The highest BCUT2D eigenvalue weighted by Crippen LogP contribution is 2.22. The molecule has 1 unspecified atom stereocenters. The summed E-state index contributed by atoms with van der Waals surface area (Å²) < 4.78 is 5.11. The van der Waals surface area contributed by atoms with Crippen molar-refractivity contribution in [1.29, 1.82) is 5.26 Å². The first-order valence-electron chi connectivity index (χ1n) is 7.70. The number of carbonyl (C=O) groups is 1. The van der Waals surface area contributed by atoms with Crippen LogP contribution in [-0.2, 0) is 4.79 Å². The molecule has 2 rings (SSSR count). The van der Waals surface area contributed by atoms with E-state index < -0.39 is 5.91 Å². The molecule has 0 aliphatic rings. The Morgan fingerprint density at radius 2 is 1.81 bits per heavy atom. The Morgan fingerprint density at radius 1 is 1.19 bits per heavy atom. The van der Waals surface area contributed by atoms with Crippen molar-refractivity contribution in [3.8, 4) is 11.8 Å². The summed E-state index contributed by atoms with van der Waals surface area (Å²) in [6.07, 6.45) is 1.32. The van der Waals surface area contributed by atoms with Gasteiger partial charge >= 0.3 is 0 Å². The lowest BCUT2D eigenvalue weighted by Crippen LogP contribution is -2.28. The normalized spacial score (nSPS) is 12.0. The van der Waals surface area contributed by atoms with Crippen molar-refractivity contribution in [3.63, 3.8) is 0 Å². The lowest BCUT2D eigenvalue weighted by Gasteiger charge is -2.14. The van der Waals surface area contributed by atoms with E-state index >= 15 is 0 Å². The molecule has 0 fully saturated rings. The number of rotatable bonds is 6. The third-order valence-electron chi connectivity index (χ3n) is 3.57. The Bertz CT molecular complexity index is 838. The summed E-state index contributed by atoms with van der Waals surface area (Å²) in [4.78, 5) is 12.3. The minimum atomic E-state index is -0.489. The topological polar surface area (TPSA) is 74.1 Å². The van der Waals surface area contributed by atoms with Crippen LogP contribution in [0.2, 0.25) is 10.0 Å². The second-order valence-corrected chi connectivity index (χ2v) is 6.31. The SMILES string of the molecule is COc1ccc(C(C)NC(=O)/C(C#N)=C\Nc2cc(Cl)cc(Cl)c2)cc1. The highest BCUT2D eigenvalue weighted by Gasteiger charge is 2.14. The number of nitriles is 1. The Balaban J connectivity index is 2.06. The number of methoxy groups -OCH3 is 1. The molecule has 1 atom stereocenters. The molecular weight excluding hydrogens is 373 g/mol. The number of amides is 1. The predicted octanol–water partition coefficient (Wildman–Crippen LogP) is 4.70. The third-order valence-corrected chi connectivity index (χ3v) is 4.01. The average molecular weight is 390 g/mol. The number of halogens is 2. The van der Waals surface area contributed by atoms with E-state index in [1.165, 1.54) is 6.20 Å². The van der Waals surface area contributed by atoms with Gasteiger partial charge in [0.2, 0.25) is 0 Å². The van der Waals surface area contributed by atoms with Crippen molar-refractivity contribution < 1.29 is 9.53 Å². The van der Waals surface area contributed by atoms with Crippen LogP contribution < -0.4 is 15.4 Å². The van der Waals surface area contributed by atoms with Crippen LogP contribution in [0.15, 0.2) is 54.2 Å². The molecule has 1 amide bonds. The van der Waals surface area contributed by atoms with E-state index in [2.05, 4.69) is 10.6 Å². The first-order valence-corrected chi connectivity index (χ1v) is 8.46. The first-order chi connectivity index (χ1) is 12.4. The molecule has 2 N–H and O–H groups in total. The summed E-state index contributed by atoms with van der Waals surface area (Å²) >= 11 is 11.8. The highest BCUT2D eigenvalue weighted by molar-refractivity contribution is 6.35. The van der Waals surface area contributed by atoms with Crippen LogP contribution in [-0.4, -0.2) is 13.0 Å². The van der Waals surface area contributed by atoms with Gasteiger partial charge in [-0.3, -0.25) is 4.79 Å². The van der Waals surface area contributed by atoms with Gasteiger partial charge in [0.15, 0.2) is 0 Å². The number of anilines is 1. The molecule has 0 radical (unpaired) electrons. The van der Waals surface area contributed by atoms with E-state index in [1.807, 2.05) is 37.3 Å². The molecule has 0 aromatic heterocycles. The fourth-order valence-corrected chi connectivity index (χ4v) is 2.72. The lowest BCUT2D eigenvalue weighted by molar-refractivity contribution is -0.117. The van der Waals surface area contributed by atoms with Gasteiger partial charge in [0.05, 0.1) is 13.2 Å². The Kier molecular flexibility index (Phi) is 6.90. The second-order valence-electron chi connectivity index (χ2n) is 5.44. The van der Waals surface area contributed by atoms with Gasteiger partial charge in [-0.1, -0.05) is 35.3 Å². The molecule has 0 spiro atoms. The number of hydrogen-bond donors (Lipinski definition) is 2. The number of ether oxygens (including phenoxy) is 1. The zero-order chi connectivity index (χ0) is 19.1. The summed E-state index contributed by atoms with van der Waals surface area (Å²) in [5, 5.41) is 15.8. The summed E-state index contributed by atoms with van der Waals surface area (Å²) in [6, 6.07) is 13.8. The maximum Gasteiger partial charge on any atom is 0.263 e. The number of nitrogens with one attached hydrogen (secondary N) is 2. The van der Waals surface area contributed by atoms with Crippen LogP contribution in [0, 0.1) is 11.3 Å². The quantitative estimate of drug-likeness (QED) is 0.554.